The molecule has 2 unspecified atom stereocenters. The summed E-state index contributed by atoms with van der Waals surface area (Å²) in [5, 5.41) is 9.75. The summed E-state index contributed by atoms with van der Waals surface area (Å²) in [4.78, 5) is 44.3. The number of unbranched alkanes of at least 4 members (excludes halogenated alkanes) is 3. The van der Waals surface area contributed by atoms with E-state index in [1.807, 2.05) is 6.92 Å². The molecule has 5 atom stereocenters. The number of fused-ring (bicyclic) bond motifs is 1. The van der Waals surface area contributed by atoms with Gasteiger partial charge in [0, 0.05) is 19.6 Å². The monoisotopic (exact) mass is 490 g/mol. The molecule has 196 valence electrons. The van der Waals surface area contributed by atoms with Crippen LogP contribution < -0.4 is 0 Å². The third-order valence-corrected chi connectivity index (χ3v) is 8.00. The lowest BCUT2D eigenvalue weighted by Crippen LogP contribution is -2.56. The molecular formula is C27H42N2O6. The molecule has 3 aliphatic heterocycles. The maximum Gasteiger partial charge on any atom is 0.312 e. The number of β-amino-alcohol motifs (C(OH)–C–C–N with tert-alkyl or cyclic N) is 1. The standard InChI is InChI=1S/C27H42N2O6/c1-5-9-11-16-28(15-7-3)24(32)22-27-14-13-26(8-4,35-27)21(25(33)34-19-12-10-6-2)20(27)23(31)29(22)17-18-30/h6-7,20-22,30H,2-3,5,8-19H2,1,4H3/t20-,21-,22?,26+,27?/m0/s1. The summed E-state index contributed by atoms with van der Waals surface area (Å²) in [5.41, 5.74) is -1.90. The SMILES string of the molecule is C=CCCCOC(=O)[C@@H]1[C@H]2C(=O)N(CCO)C(C(=O)N(CC=C)CCCCC)C23CC[C@@]1(CC)O3. The van der Waals surface area contributed by atoms with Crippen LogP contribution in [0.2, 0.25) is 0 Å². The third kappa shape index (κ3) is 4.79. The predicted octanol–water partition coefficient (Wildman–Crippen LogP) is 2.85. The quantitative estimate of drug-likeness (QED) is 0.215. The highest BCUT2D eigenvalue weighted by atomic mass is 16.6. The molecule has 0 saturated carbocycles. The molecule has 3 rings (SSSR count). The van der Waals surface area contributed by atoms with Crippen LogP contribution in [0.5, 0.6) is 0 Å². The number of likely N-dealkylation sites (tertiary alicyclic amines) is 1. The second kappa shape index (κ2) is 11.7. The van der Waals surface area contributed by atoms with Gasteiger partial charge in [-0.05, 0) is 38.5 Å². The molecule has 1 spiro atoms. The Bertz CT molecular complexity index is 815. The molecule has 0 aliphatic carbocycles. The van der Waals surface area contributed by atoms with Crippen molar-refractivity contribution in [1.29, 1.82) is 0 Å². The molecule has 2 bridgehead atoms. The number of amides is 2. The minimum absolute atomic E-state index is 0.0218. The minimum atomic E-state index is -1.09. The summed E-state index contributed by atoms with van der Waals surface area (Å²) < 4.78 is 12.3. The van der Waals surface area contributed by atoms with Crippen molar-refractivity contribution < 1.29 is 29.0 Å². The maximum absolute atomic E-state index is 14.0. The molecule has 3 heterocycles. The number of carbonyl (C=O) groups is 3. The van der Waals surface area contributed by atoms with E-state index in [0.29, 0.717) is 38.8 Å². The zero-order chi connectivity index (χ0) is 25.6. The molecule has 8 heteroatoms. The fourth-order valence-electron chi connectivity index (χ4n) is 6.37. The normalized spacial score (nSPS) is 30.9. The highest BCUT2D eigenvalue weighted by Crippen LogP contribution is 2.64. The number of aliphatic hydroxyl groups excluding tert-OH is 1. The average Bonchev–Trinajstić information content (AvgIpc) is 3.45. The number of hydrogen-bond acceptors (Lipinski definition) is 6. The molecule has 3 aliphatic rings. The van der Waals surface area contributed by atoms with Crippen molar-refractivity contribution in [2.75, 3.05) is 32.8 Å². The zero-order valence-electron chi connectivity index (χ0n) is 21.4. The van der Waals surface area contributed by atoms with Gasteiger partial charge in [0.2, 0.25) is 11.8 Å². The molecular weight excluding hydrogens is 448 g/mol. The Kier molecular flexibility index (Phi) is 9.16. The van der Waals surface area contributed by atoms with E-state index >= 15 is 0 Å². The first-order chi connectivity index (χ1) is 16.9. The second-order valence-corrected chi connectivity index (χ2v) is 9.97. The Morgan fingerprint density at radius 2 is 2.00 bits per heavy atom. The highest BCUT2D eigenvalue weighted by Gasteiger charge is 2.79. The Hall–Kier alpha value is -2.19. The summed E-state index contributed by atoms with van der Waals surface area (Å²) in [5.74, 6) is -2.47. The molecule has 2 amide bonds. The molecule has 3 fully saturated rings. The zero-order valence-corrected chi connectivity index (χ0v) is 21.4. The van der Waals surface area contributed by atoms with Gasteiger partial charge in [-0.15, -0.1) is 13.2 Å². The lowest BCUT2D eigenvalue weighted by Gasteiger charge is -2.36. The van der Waals surface area contributed by atoms with Crippen LogP contribution in [0.4, 0.5) is 0 Å². The molecule has 1 N–H and O–H groups in total. The first kappa shape index (κ1) is 27.4. The number of esters is 1. The van der Waals surface area contributed by atoms with E-state index in [1.165, 1.54) is 4.90 Å². The van der Waals surface area contributed by atoms with Gasteiger partial charge < -0.3 is 24.4 Å². The van der Waals surface area contributed by atoms with E-state index in [2.05, 4.69) is 20.1 Å². The Balaban J connectivity index is 1.95. The van der Waals surface area contributed by atoms with Crippen LogP contribution in [0.1, 0.15) is 65.2 Å². The van der Waals surface area contributed by atoms with Crippen LogP contribution in [0.25, 0.3) is 0 Å². The van der Waals surface area contributed by atoms with Crippen molar-refractivity contribution in [2.24, 2.45) is 11.8 Å². The van der Waals surface area contributed by atoms with Crippen molar-refractivity contribution in [3.63, 3.8) is 0 Å². The van der Waals surface area contributed by atoms with Gasteiger partial charge in [0.1, 0.15) is 17.6 Å². The van der Waals surface area contributed by atoms with Crippen molar-refractivity contribution in [3.05, 3.63) is 25.3 Å². The number of hydrogen-bond donors (Lipinski definition) is 1. The van der Waals surface area contributed by atoms with E-state index < -0.39 is 35.0 Å². The fraction of sp³-hybridized carbons (Fsp3) is 0.741. The summed E-state index contributed by atoms with van der Waals surface area (Å²) in [7, 11) is 0. The first-order valence-electron chi connectivity index (χ1n) is 13.2. The molecule has 8 nitrogen and oxygen atoms in total. The predicted molar refractivity (Wildman–Crippen MR) is 132 cm³/mol. The van der Waals surface area contributed by atoms with Crippen molar-refractivity contribution in [1.82, 2.24) is 9.80 Å². The van der Waals surface area contributed by atoms with Gasteiger partial charge in [0.05, 0.1) is 24.7 Å². The van der Waals surface area contributed by atoms with Crippen molar-refractivity contribution in [2.45, 2.75) is 82.5 Å². The van der Waals surface area contributed by atoms with Gasteiger partial charge in [-0.25, -0.2) is 0 Å². The highest BCUT2D eigenvalue weighted by molar-refractivity contribution is 5.98. The van der Waals surface area contributed by atoms with Crippen molar-refractivity contribution >= 4 is 17.8 Å². The first-order valence-corrected chi connectivity index (χ1v) is 13.2. The molecule has 0 aromatic rings. The lowest BCUT2D eigenvalue weighted by atomic mass is 9.65. The second-order valence-electron chi connectivity index (χ2n) is 9.97. The smallest absolute Gasteiger partial charge is 0.312 e. The summed E-state index contributed by atoms with van der Waals surface area (Å²) in [6.45, 7) is 12.5. The van der Waals surface area contributed by atoms with Crippen molar-refractivity contribution in [3.8, 4) is 0 Å². The van der Waals surface area contributed by atoms with Gasteiger partial charge in [-0.1, -0.05) is 38.8 Å². The molecule has 0 radical (unpaired) electrons. The maximum atomic E-state index is 14.0. The minimum Gasteiger partial charge on any atom is -0.465 e. The van der Waals surface area contributed by atoms with Gasteiger partial charge in [-0.2, -0.15) is 0 Å². The van der Waals surface area contributed by atoms with Crippen LogP contribution in [0, 0.1) is 11.8 Å². The van der Waals surface area contributed by atoms with Gasteiger partial charge in [-0.3, -0.25) is 14.4 Å². The Labute approximate surface area is 209 Å². The molecule has 0 aromatic carbocycles. The Morgan fingerprint density at radius 3 is 2.63 bits per heavy atom. The third-order valence-electron chi connectivity index (χ3n) is 8.00. The number of nitrogens with zero attached hydrogens (tertiary/aromatic N) is 2. The van der Waals surface area contributed by atoms with Crippen LogP contribution in [0.15, 0.2) is 25.3 Å². The summed E-state index contributed by atoms with van der Waals surface area (Å²) in [6, 6.07) is -0.874. The van der Waals surface area contributed by atoms with E-state index in [-0.39, 0.29) is 31.6 Å². The lowest BCUT2D eigenvalue weighted by molar-refractivity contribution is -0.162. The fourth-order valence-corrected chi connectivity index (χ4v) is 6.37. The molecule has 0 aromatic heterocycles. The van der Waals surface area contributed by atoms with Crippen LogP contribution in [-0.4, -0.2) is 82.8 Å². The van der Waals surface area contributed by atoms with Crippen LogP contribution >= 0.6 is 0 Å². The summed E-state index contributed by atoms with van der Waals surface area (Å²) in [6.07, 6.45) is 9.40. The number of allylic oxidation sites excluding steroid dienone is 1. The number of aliphatic hydroxyl groups is 1. The van der Waals surface area contributed by atoms with Gasteiger partial charge in [0.15, 0.2) is 0 Å². The molecule has 3 saturated heterocycles. The topological polar surface area (TPSA) is 96.4 Å². The number of rotatable bonds is 15. The van der Waals surface area contributed by atoms with E-state index in [0.717, 1.165) is 25.7 Å². The number of carbonyl (C=O) groups excluding carboxylic acids is 3. The average molecular weight is 491 g/mol. The van der Waals surface area contributed by atoms with E-state index in [4.69, 9.17) is 9.47 Å². The van der Waals surface area contributed by atoms with Gasteiger partial charge >= 0.3 is 5.97 Å². The van der Waals surface area contributed by atoms with E-state index in [9.17, 15) is 19.5 Å². The van der Waals surface area contributed by atoms with E-state index in [1.54, 1.807) is 17.1 Å². The Morgan fingerprint density at radius 1 is 1.23 bits per heavy atom. The largest absolute Gasteiger partial charge is 0.465 e. The van der Waals surface area contributed by atoms with Crippen LogP contribution in [0.3, 0.4) is 0 Å². The van der Waals surface area contributed by atoms with Gasteiger partial charge in [0.25, 0.3) is 0 Å². The summed E-state index contributed by atoms with van der Waals surface area (Å²) >= 11 is 0. The number of ether oxygens (including phenoxy) is 2. The molecule has 35 heavy (non-hydrogen) atoms. The van der Waals surface area contributed by atoms with Crippen LogP contribution in [-0.2, 0) is 23.9 Å².